The molecule has 86 valence electrons. The molecule has 0 spiro atoms. The first-order valence-electron chi connectivity index (χ1n) is 3.90. The van der Waals surface area contributed by atoms with E-state index in [1.165, 1.54) is 0 Å². The number of nitrogens with one attached hydrogen (secondary N) is 1. The van der Waals surface area contributed by atoms with Crippen LogP contribution in [0.15, 0.2) is 12.7 Å². The normalized spacial score (nSPS) is 13.1. The second kappa shape index (κ2) is 5.47. The largest absolute Gasteiger partial charge is 0.480 e. The molecule has 4 N–H and O–H groups in total. The molecule has 8 heteroatoms. The van der Waals surface area contributed by atoms with Crippen LogP contribution in [0.4, 0.5) is 0 Å². The zero-order valence-electron chi connectivity index (χ0n) is 7.84. The van der Waals surface area contributed by atoms with Gasteiger partial charge in [-0.15, -0.1) is 6.58 Å². The molecule has 0 unspecified atom stereocenters. The molecule has 0 rings (SSSR count). The van der Waals surface area contributed by atoms with Gasteiger partial charge in [-0.1, -0.05) is 6.08 Å². The molecule has 0 saturated heterocycles. The zero-order valence-corrected chi connectivity index (χ0v) is 8.66. The van der Waals surface area contributed by atoms with Gasteiger partial charge in [-0.3, -0.25) is 9.59 Å². The van der Waals surface area contributed by atoms with Crippen molar-refractivity contribution in [3.8, 4) is 0 Å². The number of sulfonamides is 1. The number of carbonyl (C=O) groups is 2. The van der Waals surface area contributed by atoms with Crippen LogP contribution < -0.4 is 10.5 Å². The van der Waals surface area contributed by atoms with Crippen molar-refractivity contribution in [3.63, 3.8) is 0 Å². The molecule has 0 bridgehead atoms. The van der Waals surface area contributed by atoms with Crippen LogP contribution in [0.2, 0.25) is 0 Å². The van der Waals surface area contributed by atoms with Crippen molar-refractivity contribution in [2.24, 2.45) is 5.73 Å². The lowest BCUT2D eigenvalue weighted by atomic mass is 10.2. The summed E-state index contributed by atoms with van der Waals surface area (Å²) in [5, 5.41) is 8.59. The third-order valence-corrected chi connectivity index (χ3v) is 2.68. The SMILES string of the molecule is C=CCS(=O)(=O)N[C@@H](CC(N)=O)C(=O)O. The molecular weight excluding hydrogens is 224 g/mol. The smallest absolute Gasteiger partial charge is 0.322 e. The molecule has 0 aromatic rings. The van der Waals surface area contributed by atoms with Gasteiger partial charge in [0.2, 0.25) is 15.9 Å². The van der Waals surface area contributed by atoms with Crippen molar-refractivity contribution >= 4 is 21.9 Å². The standard InChI is InChI=1S/C7H12N2O5S/c1-2-3-15(13,14)9-5(7(11)12)4-6(8)10/h2,5,9H,1,3-4H2,(H2,8,10)(H,11,12)/t5-/m0/s1. The molecule has 0 aromatic heterocycles. The molecule has 7 nitrogen and oxygen atoms in total. The minimum Gasteiger partial charge on any atom is -0.480 e. The highest BCUT2D eigenvalue weighted by Gasteiger charge is 2.24. The first-order valence-corrected chi connectivity index (χ1v) is 5.55. The summed E-state index contributed by atoms with van der Waals surface area (Å²) in [7, 11) is -3.78. The Balaban J connectivity index is 4.61. The quantitative estimate of drug-likeness (QED) is 0.460. The fraction of sp³-hybridized carbons (Fsp3) is 0.429. The molecule has 0 aromatic carbocycles. The van der Waals surface area contributed by atoms with Gasteiger partial charge in [-0.05, 0) is 0 Å². The van der Waals surface area contributed by atoms with E-state index < -0.39 is 40.1 Å². The number of nitrogens with two attached hydrogens (primary N) is 1. The van der Waals surface area contributed by atoms with Gasteiger partial charge < -0.3 is 10.8 Å². The van der Waals surface area contributed by atoms with Crippen LogP contribution in [-0.4, -0.2) is 37.2 Å². The van der Waals surface area contributed by atoms with Gasteiger partial charge in [0.15, 0.2) is 0 Å². The maximum absolute atomic E-state index is 11.1. The van der Waals surface area contributed by atoms with E-state index in [0.29, 0.717) is 0 Å². The first kappa shape index (κ1) is 13.6. The van der Waals surface area contributed by atoms with E-state index in [1.807, 2.05) is 4.72 Å². The fourth-order valence-corrected chi connectivity index (χ4v) is 1.82. The maximum atomic E-state index is 11.1. The van der Waals surface area contributed by atoms with Crippen LogP contribution in [0.5, 0.6) is 0 Å². The number of hydrogen-bond acceptors (Lipinski definition) is 4. The molecular formula is C7H12N2O5S. The van der Waals surface area contributed by atoms with Crippen LogP contribution in [-0.2, 0) is 19.6 Å². The molecule has 0 radical (unpaired) electrons. The predicted molar refractivity (Wildman–Crippen MR) is 52.4 cm³/mol. The average Bonchev–Trinajstić information content (AvgIpc) is 2.00. The summed E-state index contributed by atoms with van der Waals surface area (Å²) in [4.78, 5) is 21.0. The Morgan fingerprint density at radius 3 is 2.40 bits per heavy atom. The van der Waals surface area contributed by atoms with Gasteiger partial charge in [0, 0.05) is 0 Å². The number of carboxylic acids is 1. The summed E-state index contributed by atoms with van der Waals surface area (Å²) in [5.74, 6) is -2.78. The number of carbonyl (C=O) groups excluding carboxylic acids is 1. The highest BCUT2D eigenvalue weighted by molar-refractivity contribution is 7.89. The van der Waals surface area contributed by atoms with Crippen LogP contribution in [0.3, 0.4) is 0 Å². The van der Waals surface area contributed by atoms with E-state index >= 15 is 0 Å². The summed E-state index contributed by atoms with van der Waals surface area (Å²) in [5.41, 5.74) is 4.77. The molecule has 0 saturated carbocycles. The Bertz CT molecular complexity index is 362. The summed E-state index contributed by atoms with van der Waals surface area (Å²) >= 11 is 0. The van der Waals surface area contributed by atoms with E-state index in [0.717, 1.165) is 6.08 Å². The van der Waals surface area contributed by atoms with E-state index in [1.54, 1.807) is 0 Å². The first-order chi connectivity index (χ1) is 6.78. The van der Waals surface area contributed by atoms with Crippen LogP contribution in [0.1, 0.15) is 6.42 Å². The second-order valence-corrected chi connectivity index (χ2v) is 4.55. The van der Waals surface area contributed by atoms with Gasteiger partial charge >= 0.3 is 5.97 Å². The number of carboxylic acid groups (broad SMARTS) is 1. The van der Waals surface area contributed by atoms with Crippen molar-refractivity contribution in [1.82, 2.24) is 4.72 Å². The number of rotatable bonds is 7. The highest BCUT2D eigenvalue weighted by Crippen LogP contribution is 1.96. The molecule has 0 heterocycles. The second-order valence-electron chi connectivity index (χ2n) is 2.75. The molecule has 0 fully saturated rings. The number of hydrogen-bond donors (Lipinski definition) is 3. The summed E-state index contributed by atoms with van der Waals surface area (Å²) in [6.45, 7) is 3.20. The van der Waals surface area contributed by atoms with E-state index in [4.69, 9.17) is 10.8 Å². The molecule has 0 aliphatic heterocycles. The number of aliphatic carboxylic acids is 1. The lowest BCUT2D eigenvalue weighted by molar-refractivity contribution is -0.140. The number of amides is 1. The monoisotopic (exact) mass is 236 g/mol. The van der Waals surface area contributed by atoms with Crippen LogP contribution in [0, 0.1) is 0 Å². The van der Waals surface area contributed by atoms with Gasteiger partial charge in [-0.2, -0.15) is 0 Å². The average molecular weight is 236 g/mol. The topological polar surface area (TPSA) is 127 Å². The Labute approximate surface area is 87.0 Å². The minimum absolute atomic E-state index is 0.421. The third-order valence-electron chi connectivity index (χ3n) is 1.36. The predicted octanol–water partition coefficient (Wildman–Crippen LogP) is -1.58. The van der Waals surface area contributed by atoms with Crippen molar-refractivity contribution in [2.75, 3.05) is 5.75 Å². The Morgan fingerprint density at radius 2 is 2.07 bits per heavy atom. The molecule has 0 aliphatic carbocycles. The highest BCUT2D eigenvalue weighted by atomic mass is 32.2. The van der Waals surface area contributed by atoms with Gasteiger partial charge in [0.25, 0.3) is 0 Å². The maximum Gasteiger partial charge on any atom is 0.322 e. The third kappa shape index (κ3) is 5.81. The van der Waals surface area contributed by atoms with Crippen molar-refractivity contribution in [1.29, 1.82) is 0 Å². The molecule has 0 aliphatic rings. The Morgan fingerprint density at radius 1 is 1.53 bits per heavy atom. The van der Waals surface area contributed by atoms with Crippen LogP contribution in [0.25, 0.3) is 0 Å². The van der Waals surface area contributed by atoms with E-state index in [2.05, 4.69) is 6.58 Å². The van der Waals surface area contributed by atoms with Crippen molar-refractivity contribution in [3.05, 3.63) is 12.7 Å². The number of primary amides is 1. The van der Waals surface area contributed by atoms with Gasteiger partial charge in [0.1, 0.15) is 6.04 Å². The van der Waals surface area contributed by atoms with Crippen molar-refractivity contribution in [2.45, 2.75) is 12.5 Å². The molecule has 15 heavy (non-hydrogen) atoms. The van der Waals surface area contributed by atoms with E-state index in [-0.39, 0.29) is 0 Å². The minimum atomic E-state index is -3.78. The molecule has 1 amide bonds. The van der Waals surface area contributed by atoms with Crippen LogP contribution >= 0.6 is 0 Å². The summed E-state index contributed by atoms with van der Waals surface area (Å²) in [6.07, 6.45) is 0.511. The van der Waals surface area contributed by atoms with Crippen molar-refractivity contribution < 1.29 is 23.1 Å². The van der Waals surface area contributed by atoms with Gasteiger partial charge in [-0.25, -0.2) is 13.1 Å². The Hall–Kier alpha value is -1.41. The Kier molecular flexibility index (Phi) is 4.95. The lowest BCUT2D eigenvalue weighted by Crippen LogP contribution is -2.43. The van der Waals surface area contributed by atoms with E-state index in [9.17, 15) is 18.0 Å². The summed E-state index contributed by atoms with van der Waals surface area (Å²) in [6, 6.07) is -1.53. The van der Waals surface area contributed by atoms with Gasteiger partial charge in [0.05, 0.1) is 12.2 Å². The zero-order chi connectivity index (χ0) is 12.1. The lowest BCUT2D eigenvalue weighted by Gasteiger charge is -2.11. The fourth-order valence-electron chi connectivity index (χ4n) is 0.801. The summed E-state index contributed by atoms with van der Waals surface area (Å²) < 4.78 is 24.1. The molecule has 1 atom stereocenters.